The molecule has 4 aromatic rings. The first-order valence-electron chi connectivity index (χ1n) is 16.1. The van der Waals surface area contributed by atoms with Crippen molar-refractivity contribution < 1.29 is 24.2 Å². The molecular formula is C37H38ClN3O5. The molecule has 1 heterocycles. The van der Waals surface area contributed by atoms with Crippen molar-refractivity contribution in [3.63, 3.8) is 0 Å². The number of H-pyrrole nitrogens is 1. The van der Waals surface area contributed by atoms with Gasteiger partial charge in [-0.05, 0) is 91.7 Å². The van der Waals surface area contributed by atoms with Gasteiger partial charge in [0.25, 0.3) is 0 Å². The number of carboxylic acid groups (broad SMARTS) is 1. The molecule has 4 saturated carbocycles. The minimum atomic E-state index is -1.21. The third kappa shape index (κ3) is 5.98. The van der Waals surface area contributed by atoms with Crippen molar-refractivity contribution in [2.45, 2.75) is 70.2 Å². The number of hydrogen-bond acceptors (Lipinski definition) is 4. The summed E-state index contributed by atoms with van der Waals surface area (Å²) in [5, 5.41) is 14.7. The Hall–Kier alpha value is -4.30. The van der Waals surface area contributed by atoms with Crippen LogP contribution in [0.4, 0.5) is 0 Å². The minimum Gasteiger partial charge on any atom is -0.489 e. The topological polar surface area (TPSA) is 112 Å². The summed E-state index contributed by atoms with van der Waals surface area (Å²) >= 11 is 6.27. The van der Waals surface area contributed by atoms with Crippen LogP contribution in [0, 0.1) is 17.8 Å². The number of ether oxygens (including phenoxy) is 1. The average Bonchev–Trinajstić information content (AvgIpc) is 3.38. The van der Waals surface area contributed by atoms with Gasteiger partial charge >= 0.3 is 5.97 Å². The van der Waals surface area contributed by atoms with E-state index in [-0.39, 0.29) is 35.2 Å². The average molecular weight is 640 g/mol. The number of benzene rings is 3. The Balaban J connectivity index is 1.23. The molecule has 1 unspecified atom stereocenters. The maximum absolute atomic E-state index is 14.7. The zero-order valence-electron chi connectivity index (χ0n) is 25.8. The van der Waals surface area contributed by atoms with E-state index in [4.69, 9.17) is 16.3 Å². The summed E-state index contributed by atoms with van der Waals surface area (Å²) < 4.78 is 5.95. The van der Waals surface area contributed by atoms with E-state index in [1.165, 1.54) is 31.1 Å². The number of aromatic nitrogens is 1. The first-order valence-corrected chi connectivity index (χ1v) is 16.4. The number of nitrogens with zero attached hydrogens (tertiary/aromatic N) is 1. The highest BCUT2D eigenvalue weighted by molar-refractivity contribution is 6.31. The molecule has 8 nitrogen and oxygen atoms in total. The molecule has 4 bridgehead atoms. The van der Waals surface area contributed by atoms with Crippen molar-refractivity contribution in [1.29, 1.82) is 0 Å². The van der Waals surface area contributed by atoms with Crippen molar-refractivity contribution in [3.8, 4) is 5.75 Å². The lowest BCUT2D eigenvalue weighted by Crippen LogP contribution is -2.61. The summed E-state index contributed by atoms with van der Waals surface area (Å²) in [6.45, 7) is 1.95. The molecule has 0 spiro atoms. The zero-order chi connectivity index (χ0) is 32.0. The number of halogens is 1. The maximum Gasteiger partial charge on any atom is 0.352 e. The number of aromatic amines is 1. The summed E-state index contributed by atoms with van der Waals surface area (Å²) in [7, 11) is 0. The van der Waals surface area contributed by atoms with Gasteiger partial charge in [0.2, 0.25) is 11.8 Å². The van der Waals surface area contributed by atoms with Gasteiger partial charge in [-0.1, -0.05) is 60.1 Å². The van der Waals surface area contributed by atoms with E-state index in [0.717, 1.165) is 30.4 Å². The lowest BCUT2D eigenvalue weighted by atomic mass is 9.53. The molecule has 3 N–H and O–H groups in total. The van der Waals surface area contributed by atoms with E-state index >= 15 is 0 Å². The normalized spacial score (nSPS) is 23.7. The van der Waals surface area contributed by atoms with Crippen LogP contribution < -0.4 is 10.1 Å². The first-order chi connectivity index (χ1) is 22.2. The van der Waals surface area contributed by atoms with E-state index < -0.39 is 12.0 Å². The SMILES string of the molecule is CC(=O)N(Cc1ccc(OCc2ccccc2)cc1)C(C(=O)NC12CC3CC(CC(C3)C1)C2)c1c(C(=O)O)[nH]c2cc(Cl)ccc12. The number of aromatic carboxylic acids is 1. The summed E-state index contributed by atoms with van der Waals surface area (Å²) in [4.78, 5) is 45.3. The Kier molecular flexibility index (Phi) is 8.01. The highest BCUT2D eigenvalue weighted by Crippen LogP contribution is 2.56. The predicted octanol–water partition coefficient (Wildman–Crippen LogP) is 7.27. The smallest absolute Gasteiger partial charge is 0.352 e. The summed E-state index contributed by atoms with van der Waals surface area (Å²) in [5.41, 5.74) is 2.14. The van der Waals surface area contributed by atoms with Gasteiger partial charge in [-0.3, -0.25) is 9.59 Å². The maximum atomic E-state index is 14.7. The van der Waals surface area contributed by atoms with E-state index in [0.29, 0.717) is 46.0 Å². The third-order valence-corrected chi connectivity index (χ3v) is 10.4. The molecule has 3 aromatic carbocycles. The van der Waals surface area contributed by atoms with Crippen LogP contribution in [-0.4, -0.2) is 38.3 Å². The van der Waals surface area contributed by atoms with E-state index in [2.05, 4.69) is 10.3 Å². The first kappa shape index (κ1) is 30.4. The summed E-state index contributed by atoms with van der Waals surface area (Å²) in [6, 6.07) is 21.2. The second kappa shape index (κ2) is 12.1. The van der Waals surface area contributed by atoms with Gasteiger partial charge in [-0.15, -0.1) is 0 Å². The van der Waals surface area contributed by atoms with Crippen LogP contribution in [0.2, 0.25) is 5.02 Å². The Morgan fingerprint density at radius 2 is 1.61 bits per heavy atom. The molecular weight excluding hydrogens is 602 g/mol. The number of carbonyl (C=O) groups excluding carboxylic acids is 2. The number of fused-ring (bicyclic) bond motifs is 1. The molecule has 8 rings (SSSR count). The predicted molar refractivity (Wildman–Crippen MR) is 175 cm³/mol. The lowest BCUT2D eigenvalue weighted by Gasteiger charge is -2.57. The highest BCUT2D eigenvalue weighted by atomic mass is 35.5. The van der Waals surface area contributed by atoms with Gasteiger partial charge in [-0.25, -0.2) is 4.79 Å². The molecule has 0 radical (unpaired) electrons. The molecule has 4 fully saturated rings. The molecule has 1 atom stereocenters. The van der Waals surface area contributed by atoms with Crippen LogP contribution in [0.1, 0.15) is 78.7 Å². The van der Waals surface area contributed by atoms with Gasteiger partial charge < -0.3 is 25.0 Å². The van der Waals surface area contributed by atoms with Crippen molar-refractivity contribution in [2.75, 3.05) is 0 Å². The van der Waals surface area contributed by atoms with E-state index in [1.807, 2.05) is 54.6 Å². The van der Waals surface area contributed by atoms with Crippen LogP contribution in [0.25, 0.3) is 10.9 Å². The van der Waals surface area contributed by atoms with Gasteiger partial charge in [0, 0.05) is 40.5 Å². The van der Waals surface area contributed by atoms with Gasteiger partial charge in [-0.2, -0.15) is 0 Å². The molecule has 2 amide bonds. The molecule has 9 heteroatoms. The monoisotopic (exact) mass is 639 g/mol. The minimum absolute atomic E-state index is 0.104. The van der Waals surface area contributed by atoms with Crippen LogP contribution in [0.5, 0.6) is 5.75 Å². The second-order valence-electron chi connectivity index (χ2n) is 13.6. The number of carboxylic acids is 1. The quantitative estimate of drug-likeness (QED) is 0.169. The Bertz CT molecular complexity index is 1750. The van der Waals surface area contributed by atoms with Crippen molar-refractivity contribution >= 4 is 40.3 Å². The molecule has 4 aliphatic rings. The Morgan fingerprint density at radius 3 is 2.22 bits per heavy atom. The molecule has 1 aromatic heterocycles. The molecule has 238 valence electrons. The van der Waals surface area contributed by atoms with Crippen LogP contribution in [-0.2, 0) is 22.7 Å². The molecule has 46 heavy (non-hydrogen) atoms. The molecule has 0 saturated heterocycles. The van der Waals surface area contributed by atoms with Crippen molar-refractivity contribution in [2.24, 2.45) is 17.8 Å². The lowest BCUT2D eigenvalue weighted by molar-refractivity contribution is -0.142. The van der Waals surface area contributed by atoms with Crippen LogP contribution >= 0.6 is 11.6 Å². The van der Waals surface area contributed by atoms with Gasteiger partial charge in [0.05, 0.1) is 0 Å². The highest BCUT2D eigenvalue weighted by Gasteiger charge is 2.52. The number of amides is 2. The van der Waals surface area contributed by atoms with Gasteiger partial charge in [0.1, 0.15) is 24.1 Å². The molecule has 4 aliphatic carbocycles. The zero-order valence-corrected chi connectivity index (χ0v) is 26.6. The van der Waals surface area contributed by atoms with Gasteiger partial charge in [0.15, 0.2) is 0 Å². The van der Waals surface area contributed by atoms with E-state index in [1.54, 1.807) is 18.2 Å². The third-order valence-electron chi connectivity index (χ3n) is 10.2. The largest absolute Gasteiger partial charge is 0.489 e. The molecule has 0 aliphatic heterocycles. The Labute approximate surface area is 273 Å². The number of nitrogens with one attached hydrogen (secondary N) is 2. The standard InChI is InChI=1S/C37H38ClN3O5/c1-22(42)41(20-23-7-10-29(11-8-23)46-21-24-5-3-2-4-6-24)34(32-30-12-9-28(38)16-31(30)39-33(32)36(44)45)35(43)40-37-17-25-13-26(18-37)15-27(14-25)19-37/h2-12,16,25-27,34,39H,13-15,17-21H2,1H3,(H,40,43)(H,44,45). The van der Waals surface area contributed by atoms with E-state index in [9.17, 15) is 19.5 Å². The number of carbonyl (C=O) groups is 3. The fraction of sp³-hybridized carbons (Fsp3) is 0.378. The van der Waals surface area contributed by atoms with Crippen LogP contribution in [0.15, 0.2) is 72.8 Å². The van der Waals surface area contributed by atoms with Crippen molar-refractivity contribution in [1.82, 2.24) is 15.2 Å². The fourth-order valence-electron chi connectivity index (χ4n) is 8.68. The summed E-state index contributed by atoms with van der Waals surface area (Å²) in [5.74, 6) is 0.579. The Morgan fingerprint density at radius 1 is 0.957 bits per heavy atom. The second-order valence-corrected chi connectivity index (χ2v) is 14.0. The summed E-state index contributed by atoms with van der Waals surface area (Å²) in [6.07, 6.45) is 6.44. The van der Waals surface area contributed by atoms with Crippen LogP contribution in [0.3, 0.4) is 0 Å². The number of rotatable bonds is 10. The van der Waals surface area contributed by atoms with Crippen molar-refractivity contribution in [3.05, 3.63) is 100 Å². The fourth-order valence-corrected chi connectivity index (χ4v) is 8.85. The number of hydrogen-bond donors (Lipinski definition) is 3.